The maximum atomic E-state index is 9.12. The molecule has 0 unspecified atom stereocenters. The van der Waals surface area contributed by atoms with E-state index in [9.17, 15) is 0 Å². The summed E-state index contributed by atoms with van der Waals surface area (Å²) in [7, 11) is 0. The highest BCUT2D eigenvalue weighted by Gasteiger charge is 2.12. The van der Waals surface area contributed by atoms with Gasteiger partial charge in [-0.3, -0.25) is 0 Å². The summed E-state index contributed by atoms with van der Waals surface area (Å²) in [5, 5.41) is 14.1. The number of hydrogen-bond acceptors (Lipinski definition) is 2. The van der Waals surface area contributed by atoms with Crippen LogP contribution >= 0.6 is 11.6 Å². The number of nitrogens with zero attached hydrogens (tertiary/aromatic N) is 3. The van der Waals surface area contributed by atoms with Gasteiger partial charge in [-0.25, -0.2) is 4.68 Å². The first-order chi connectivity index (χ1) is 8.04. The monoisotopic (exact) mass is 245 g/mol. The third kappa shape index (κ3) is 1.92. The second-order valence-corrected chi connectivity index (χ2v) is 4.42. The van der Waals surface area contributed by atoms with Gasteiger partial charge in [-0.2, -0.15) is 10.4 Å². The fraction of sp³-hybridized carbons (Fsp3) is 0.231. The third-order valence-electron chi connectivity index (χ3n) is 2.96. The van der Waals surface area contributed by atoms with Crippen molar-refractivity contribution in [3.63, 3.8) is 0 Å². The molecule has 1 aromatic heterocycles. The van der Waals surface area contributed by atoms with Crippen LogP contribution < -0.4 is 0 Å². The molecule has 3 nitrogen and oxygen atoms in total. The molecular formula is C13H12ClN3. The minimum atomic E-state index is 0.531. The van der Waals surface area contributed by atoms with Crippen molar-refractivity contribution in [1.82, 2.24) is 9.78 Å². The van der Waals surface area contributed by atoms with E-state index < -0.39 is 0 Å². The van der Waals surface area contributed by atoms with Crippen molar-refractivity contribution in [2.75, 3.05) is 0 Å². The molecule has 0 amide bonds. The van der Waals surface area contributed by atoms with Gasteiger partial charge < -0.3 is 0 Å². The van der Waals surface area contributed by atoms with Gasteiger partial charge in [0, 0.05) is 10.7 Å². The fourth-order valence-electron chi connectivity index (χ4n) is 1.74. The second-order valence-electron chi connectivity index (χ2n) is 3.98. The van der Waals surface area contributed by atoms with Crippen LogP contribution in [0.5, 0.6) is 0 Å². The summed E-state index contributed by atoms with van der Waals surface area (Å²) in [6, 6.07) is 7.39. The summed E-state index contributed by atoms with van der Waals surface area (Å²) in [4.78, 5) is 0. The second kappa shape index (κ2) is 4.23. The average Bonchev–Trinajstić information content (AvgIpc) is 2.57. The molecule has 0 spiro atoms. The standard InChI is InChI=1S/C13H12ClN3/c1-8-9(2)16-17(10(8)3)13-5-4-12(14)6-11(13)7-15/h4-6H,1-3H3. The van der Waals surface area contributed by atoms with Gasteiger partial charge in [0.2, 0.25) is 0 Å². The van der Waals surface area contributed by atoms with E-state index >= 15 is 0 Å². The zero-order valence-electron chi connectivity index (χ0n) is 9.95. The lowest BCUT2D eigenvalue weighted by molar-refractivity contribution is 0.831. The molecule has 4 heteroatoms. The van der Waals surface area contributed by atoms with Gasteiger partial charge in [-0.15, -0.1) is 0 Å². The van der Waals surface area contributed by atoms with Crippen molar-refractivity contribution in [2.24, 2.45) is 0 Å². The zero-order chi connectivity index (χ0) is 12.6. The summed E-state index contributed by atoms with van der Waals surface area (Å²) in [5.74, 6) is 0. The number of rotatable bonds is 1. The lowest BCUT2D eigenvalue weighted by Crippen LogP contribution is -2.02. The van der Waals surface area contributed by atoms with E-state index in [-0.39, 0.29) is 0 Å². The topological polar surface area (TPSA) is 41.6 Å². The van der Waals surface area contributed by atoms with E-state index in [0.717, 1.165) is 22.6 Å². The molecule has 17 heavy (non-hydrogen) atoms. The number of aromatic nitrogens is 2. The summed E-state index contributed by atoms with van der Waals surface area (Å²) < 4.78 is 1.79. The Labute approximate surface area is 105 Å². The fourth-order valence-corrected chi connectivity index (χ4v) is 1.91. The molecule has 2 rings (SSSR count). The summed E-state index contributed by atoms with van der Waals surface area (Å²) in [6.07, 6.45) is 0. The summed E-state index contributed by atoms with van der Waals surface area (Å²) >= 11 is 5.88. The van der Waals surface area contributed by atoms with Crippen LogP contribution in [0.4, 0.5) is 0 Å². The Kier molecular flexibility index (Phi) is 2.91. The molecule has 2 aromatic rings. The lowest BCUT2D eigenvalue weighted by atomic mass is 10.2. The third-order valence-corrected chi connectivity index (χ3v) is 3.20. The first-order valence-electron chi connectivity index (χ1n) is 5.27. The van der Waals surface area contributed by atoms with Crippen molar-refractivity contribution in [3.8, 4) is 11.8 Å². The van der Waals surface area contributed by atoms with E-state index in [2.05, 4.69) is 11.2 Å². The highest BCUT2D eigenvalue weighted by Crippen LogP contribution is 2.22. The maximum Gasteiger partial charge on any atom is 0.101 e. The van der Waals surface area contributed by atoms with Crippen molar-refractivity contribution < 1.29 is 0 Å². The minimum Gasteiger partial charge on any atom is -0.236 e. The van der Waals surface area contributed by atoms with E-state index in [1.54, 1.807) is 16.8 Å². The van der Waals surface area contributed by atoms with Crippen LogP contribution in [-0.4, -0.2) is 9.78 Å². The predicted octanol–water partition coefficient (Wildman–Crippen LogP) is 3.32. The highest BCUT2D eigenvalue weighted by molar-refractivity contribution is 6.30. The zero-order valence-corrected chi connectivity index (χ0v) is 10.7. The molecule has 1 heterocycles. The predicted molar refractivity (Wildman–Crippen MR) is 67.5 cm³/mol. The molecule has 0 aliphatic carbocycles. The molecule has 0 atom stereocenters. The highest BCUT2D eigenvalue weighted by atomic mass is 35.5. The number of hydrogen-bond donors (Lipinski definition) is 0. The van der Waals surface area contributed by atoms with Crippen LogP contribution in [-0.2, 0) is 0 Å². The van der Waals surface area contributed by atoms with Crippen molar-refractivity contribution in [2.45, 2.75) is 20.8 Å². The Balaban J connectivity index is 2.69. The molecule has 0 bridgehead atoms. The Bertz CT molecular complexity index is 620. The lowest BCUT2D eigenvalue weighted by Gasteiger charge is -2.07. The summed E-state index contributed by atoms with van der Waals surface area (Å²) in [5.41, 5.74) is 4.46. The number of aryl methyl sites for hydroxylation is 1. The van der Waals surface area contributed by atoms with Crippen LogP contribution in [0.15, 0.2) is 18.2 Å². The van der Waals surface area contributed by atoms with E-state index in [1.807, 2.05) is 26.8 Å². The van der Waals surface area contributed by atoms with Crippen LogP contribution in [0.25, 0.3) is 5.69 Å². The molecule has 0 saturated carbocycles. The normalized spacial score (nSPS) is 10.3. The molecule has 0 saturated heterocycles. The first kappa shape index (κ1) is 11.7. The molecular weight excluding hydrogens is 234 g/mol. The van der Waals surface area contributed by atoms with Gasteiger partial charge in [-0.1, -0.05) is 11.6 Å². The smallest absolute Gasteiger partial charge is 0.101 e. The van der Waals surface area contributed by atoms with Gasteiger partial charge in [0.25, 0.3) is 0 Å². The maximum absolute atomic E-state index is 9.12. The average molecular weight is 246 g/mol. The number of benzene rings is 1. The molecule has 0 radical (unpaired) electrons. The van der Waals surface area contributed by atoms with E-state index in [0.29, 0.717) is 10.6 Å². The minimum absolute atomic E-state index is 0.531. The molecule has 0 aliphatic heterocycles. The summed E-state index contributed by atoms with van der Waals surface area (Å²) in [6.45, 7) is 5.97. The first-order valence-corrected chi connectivity index (χ1v) is 5.65. The number of nitriles is 1. The van der Waals surface area contributed by atoms with Crippen molar-refractivity contribution in [1.29, 1.82) is 5.26 Å². The number of halogens is 1. The van der Waals surface area contributed by atoms with Crippen LogP contribution in [0, 0.1) is 32.1 Å². The largest absolute Gasteiger partial charge is 0.236 e. The Hall–Kier alpha value is -1.79. The molecule has 1 aromatic carbocycles. The Morgan fingerprint density at radius 2 is 2.00 bits per heavy atom. The van der Waals surface area contributed by atoms with Crippen LogP contribution in [0.2, 0.25) is 5.02 Å². The van der Waals surface area contributed by atoms with Crippen molar-refractivity contribution >= 4 is 11.6 Å². The van der Waals surface area contributed by atoms with Gasteiger partial charge in [0.05, 0.1) is 16.9 Å². The molecule has 0 aliphatic rings. The molecule has 86 valence electrons. The van der Waals surface area contributed by atoms with Crippen LogP contribution in [0.1, 0.15) is 22.5 Å². The van der Waals surface area contributed by atoms with E-state index in [1.165, 1.54) is 0 Å². The van der Waals surface area contributed by atoms with Gasteiger partial charge >= 0.3 is 0 Å². The van der Waals surface area contributed by atoms with Crippen molar-refractivity contribution in [3.05, 3.63) is 45.7 Å². The van der Waals surface area contributed by atoms with Gasteiger partial charge in [0.1, 0.15) is 6.07 Å². The quantitative estimate of drug-likeness (QED) is 0.773. The van der Waals surface area contributed by atoms with E-state index in [4.69, 9.17) is 16.9 Å². The van der Waals surface area contributed by atoms with Gasteiger partial charge in [-0.05, 0) is 44.5 Å². The Morgan fingerprint density at radius 3 is 2.53 bits per heavy atom. The van der Waals surface area contributed by atoms with Crippen LogP contribution in [0.3, 0.4) is 0 Å². The molecule has 0 N–H and O–H groups in total. The van der Waals surface area contributed by atoms with Gasteiger partial charge in [0.15, 0.2) is 0 Å². The molecule has 0 fully saturated rings. The SMILES string of the molecule is Cc1nn(-c2ccc(Cl)cc2C#N)c(C)c1C. The Morgan fingerprint density at radius 1 is 1.29 bits per heavy atom.